The van der Waals surface area contributed by atoms with E-state index in [0.717, 1.165) is 34.5 Å². The van der Waals surface area contributed by atoms with Crippen molar-refractivity contribution in [2.75, 3.05) is 18.6 Å². The van der Waals surface area contributed by atoms with Gasteiger partial charge in [-0.3, -0.25) is 4.79 Å². The number of hydrogen-bond donors (Lipinski definition) is 0. The first-order valence-electron chi connectivity index (χ1n) is 8.62. The van der Waals surface area contributed by atoms with Crippen molar-refractivity contribution in [3.05, 3.63) is 80.7 Å². The van der Waals surface area contributed by atoms with Crippen LogP contribution in [0.25, 0.3) is 5.69 Å². The van der Waals surface area contributed by atoms with Crippen LogP contribution in [0.4, 0.5) is 14.5 Å². The van der Waals surface area contributed by atoms with E-state index in [1.807, 2.05) is 23.1 Å². The van der Waals surface area contributed by atoms with E-state index in [1.54, 1.807) is 7.11 Å². The number of anilines is 1. The summed E-state index contributed by atoms with van der Waals surface area (Å²) in [6, 6.07) is 8.81. The second-order valence-electron chi connectivity index (χ2n) is 6.46. The normalized spacial score (nSPS) is 13.4. The Balaban J connectivity index is 1.70. The smallest absolute Gasteiger partial charge is 0.292 e. The highest BCUT2D eigenvalue weighted by Gasteiger charge is 2.22. The molecule has 0 atom stereocenters. The molecule has 1 aliphatic heterocycles. The summed E-state index contributed by atoms with van der Waals surface area (Å²) >= 11 is 6.31. The summed E-state index contributed by atoms with van der Waals surface area (Å²) in [5.74, 6) is -0.871. The van der Waals surface area contributed by atoms with Gasteiger partial charge in [-0.2, -0.15) is 9.78 Å². The summed E-state index contributed by atoms with van der Waals surface area (Å²) < 4.78 is 33.3. The Hall–Kier alpha value is -2.93. The van der Waals surface area contributed by atoms with Gasteiger partial charge < -0.3 is 9.64 Å². The van der Waals surface area contributed by atoms with Crippen molar-refractivity contribution in [1.82, 2.24) is 9.78 Å². The van der Waals surface area contributed by atoms with Crippen LogP contribution < -0.4 is 15.2 Å². The number of nitrogens with zero attached hydrogens (tertiary/aromatic N) is 3. The van der Waals surface area contributed by atoms with Gasteiger partial charge in [0.25, 0.3) is 5.56 Å². The van der Waals surface area contributed by atoms with Gasteiger partial charge in [0, 0.05) is 19.2 Å². The number of halogens is 3. The molecule has 0 aliphatic carbocycles. The third-order valence-corrected chi connectivity index (χ3v) is 5.16. The fourth-order valence-corrected chi connectivity index (χ4v) is 3.58. The second kappa shape index (κ2) is 7.24. The maximum absolute atomic E-state index is 14.0. The molecule has 3 aromatic rings. The van der Waals surface area contributed by atoms with Crippen LogP contribution in [0.5, 0.6) is 5.75 Å². The van der Waals surface area contributed by atoms with Crippen molar-refractivity contribution in [3.63, 3.8) is 0 Å². The first-order valence-corrected chi connectivity index (χ1v) is 8.99. The molecule has 0 spiro atoms. The zero-order valence-electron chi connectivity index (χ0n) is 15.0. The Labute approximate surface area is 164 Å². The van der Waals surface area contributed by atoms with Crippen LogP contribution in [0.2, 0.25) is 5.02 Å². The minimum Gasteiger partial charge on any atom is -0.497 e. The molecule has 0 bridgehead atoms. The first kappa shape index (κ1) is 18.4. The Kier molecular flexibility index (Phi) is 4.77. The molecule has 28 heavy (non-hydrogen) atoms. The molecule has 0 amide bonds. The third kappa shape index (κ3) is 3.22. The fourth-order valence-electron chi connectivity index (χ4n) is 3.34. The Bertz CT molecular complexity index is 1120. The molecule has 8 heteroatoms. The van der Waals surface area contributed by atoms with Gasteiger partial charge in [0.05, 0.1) is 19.0 Å². The highest BCUT2D eigenvalue weighted by Crippen LogP contribution is 2.30. The van der Waals surface area contributed by atoms with Crippen LogP contribution in [0.3, 0.4) is 0 Å². The lowest BCUT2D eigenvalue weighted by molar-refractivity contribution is 0.413. The lowest BCUT2D eigenvalue weighted by Gasteiger charge is -2.31. The Morgan fingerprint density at radius 2 is 1.93 bits per heavy atom. The molecular weight excluding hydrogens is 388 g/mol. The van der Waals surface area contributed by atoms with E-state index < -0.39 is 17.2 Å². The van der Waals surface area contributed by atoms with Crippen LogP contribution in [0, 0.1) is 11.6 Å². The summed E-state index contributed by atoms with van der Waals surface area (Å²) in [5, 5.41) is 3.99. The molecule has 2 aromatic carbocycles. The third-order valence-electron chi connectivity index (χ3n) is 4.80. The van der Waals surface area contributed by atoms with Crippen molar-refractivity contribution in [2.24, 2.45) is 0 Å². The summed E-state index contributed by atoms with van der Waals surface area (Å²) in [4.78, 5) is 14.6. The largest absolute Gasteiger partial charge is 0.497 e. The lowest BCUT2D eigenvalue weighted by atomic mass is 9.99. The average Bonchev–Trinajstić information content (AvgIpc) is 2.70. The number of benzene rings is 2. The quantitative estimate of drug-likeness (QED) is 0.668. The molecule has 0 fully saturated rings. The number of aromatic nitrogens is 2. The molecule has 0 radical (unpaired) electrons. The number of ether oxygens (including phenoxy) is 1. The van der Waals surface area contributed by atoms with Crippen molar-refractivity contribution in [3.8, 4) is 11.4 Å². The Morgan fingerprint density at radius 1 is 1.11 bits per heavy atom. The van der Waals surface area contributed by atoms with E-state index in [0.29, 0.717) is 24.8 Å². The summed E-state index contributed by atoms with van der Waals surface area (Å²) in [6.45, 7) is 1.21. The van der Waals surface area contributed by atoms with Crippen molar-refractivity contribution < 1.29 is 13.5 Å². The fraction of sp³-hybridized carbons (Fsp3) is 0.200. The minimum absolute atomic E-state index is 0.0647. The van der Waals surface area contributed by atoms with Crippen molar-refractivity contribution >= 4 is 17.3 Å². The van der Waals surface area contributed by atoms with E-state index in [9.17, 15) is 13.6 Å². The molecule has 0 saturated heterocycles. The molecule has 0 unspecified atom stereocenters. The van der Waals surface area contributed by atoms with E-state index in [1.165, 1.54) is 11.8 Å². The van der Waals surface area contributed by atoms with Crippen molar-refractivity contribution in [2.45, 2.75) is 13.0 Å². The van der Waals surface area contributed by atoms with E-state index in [4.69, 9.17) is 16.3 Å². The highest BCUT2D eigenvalue weighted by molar-refractivity contribution is 6.33. The van der Waals surface area contributed by atoms with Crippen molar-refractivity contribution in [1.29, 1.82) is 0 Å². The average molecular weight is 404 g/mol. The molecule has 144 valence electrons. The molecule has 2 heterocycles. The van der Waals surface area contributed by atoms with Crippen LogP contribution in [-0.2, 0) is 13.0 Å². The molecule has 0 saturated carbocycles. The molecule has 1 aliphatic rings. The number of hydrogen-bond acceptors (Lipinski definition) is 4. The van der Waals surface area contributed by atoms with Gasteiger partial charge in [-0.15, -0.1) is 0 Å². The molecular formula is C20H16ClF2N3O2. The number of fused-ring (bicyclic) bond motifs is 1. The zero-order valence-corrected chi connectivity index (χ0v) is 15.7. The predicted octanol–water partition coefficient (Wildman–Crippen LogP) is 3.74. The van der Waals surface area contributed by atoms with Gasteiger partial charge >= 0.3 is 0 Å². The predicted molar refractivity (Wildman–Crippen MR) is 103 cm³/mol. The van der Waals surface area contributed by atoms with Gasteiger partial charge in [0.1, 0.15) is 22.3 Å². The van der Waals surface area contributed by atoms with Gasteiger partial charge in [-0.25, -0.2) is 8.78 Å². The molecule has 5 nitrogen and oxygen atoms in total. The van der Waals surface area contributed by atoms with Gasteiger partial charge in [-0.1, -0.05) is 17.7 Å². The zero-order chi connectivity index (χ0) is 19.8. The van der Waals surface area contributed by atoms with E-state index in [-0.39, 0.29) is 10.7 Å². The standard InChI is InChI=1S/C20H16ClF2N3O2/c1-28-15-4-2-12-6-7-25(11-13(12)8-15)18-10-24-26(20(27)19(18)21)17-5-3-14(22)9-16(17)23/h2-5,8-10H,6-7,11H2,1H3. The molecule has 0 N–H and O–H groups in total. The van der Waals surface area contributed by atoms with Crippen LogP contribution in [0.1, 0.15) is 11.1 Å². The molecule has 4 rings (SSSR count). The highest BCUT2D eigenvalue weighted by atomic mass is 35.5. The summed E-state index contributed by atoms with van der Waals surface area (Å²) in [6.07, 6.45) is 2.21. The Morgan fingerprint density at radius 3 is 2.68 bits per heavy atom. The van der Waals surface area contributed by atoms with Gasteiger partial charge in [0.2, 0.25) is 0 Å². The van der Waals surface area contributed by atoms with E-state index >= 15 is 0 Å². The lowest BCUT2D eigenvalue weighted by Crippen LogP contribution is -2.33. The maximum Gasteiger partial charge on any atom is 0.292 e. The molecule has 1 aromatic heterocycles. The van der Waals surface area contributed by atoms with Crippen LogP contribution >= 0.6 is 11.6 Å². The number of methoxy groups -OCH3 is 1. The van der Waals surface area contributed by atoms with E-state index in [2.05, 4.69) is 5.10 Å². The van der Waals surface area contributed by atoms with Gasteiger partial charge in [0.15, 0.2) is 5.82 Å². The number of rotatable bonds is 3. The van der Waals surface area contributed by atoms with Gasteiger partial charge in [-0.05, 0) is 41.8 Å². The maximum atomic E-state index is 14.0. The summed E-state index contributed by atoms with van der Waals surface area (Å²) in [5.41, 5.74) is 1.94. The SMILES string of the molecule is COc1ccc2c(c1)CN(c1cnn(-c3ccc(F)cc3F)c(=O)c1Cl)CC2. The van der Waals surface area contributed by atoms with Crippen LogP contribution in [0.15, 0.2) is 47.4 Å². The second-order valence-corrected chi connectivity index (χ2v) is 6.84. The van der Waals surface area contributed by atoms with Crippen LogP contribution in [-0.4, -0.2) is 23.4 Å². The monoisotopic (exact) mass is 403 g/mol. The summed E-state index contributed by atoms with van der Waals surface area (Å²) in [7, 11) is 1.61. The topological polar surface area (TPSA) is 47.4 Å². The minimum atomic E-state index is -0.891. The first-order chi connectivity index (χ1) is 13.5.